The lowest BCUT2D eigenvalue weighted by Crippen LogP contribution is -2.21. The van der Waals surface area contributed by atoms with Crippen molar-refractivity contribution in [2.24, 2.45) is 5.92 Å². The molecule has 1 aliphatic rings. The Morgan fingerprint density at radius 2 is 1.68 bits per heavy atom. The second kappa shape index (κ2) is 7.82. The maximum atomic E-state index is 13.7. The van der Waals surface area contributed by atoms with E-state index in [4.69, 9.17) is 0 Å². The van der Waals surface area contributed by atoms with Gasteiger partial charge in [0, 0.05) is 17.3 Å². The van der Waals surface area contributed by atoms with E-state index in [1.165, 1.54) is 30.3 Å². The van der Waals surface area contributed by atoms with E-state index < -0.39 is 29.3 Å². The molecule has 1 saturated carbocycles. The molecule has 0 saturated heterocycles. The van der Waals surface area contributed by atoms with E-state index in [0.29, 0.717) is 10.4 Å². The Hall–Kier alpha value is -3.76. The van der Waals surface area contributed by atoms with Gasteiger partial charge in [-0.05, 0) is 49.2 Å². The molecule has 1 aliphatic carbocycles. The molecular formula is C20H15F4N5O2. The van der Waals surface area contributed by atoms with Crippen molar-refractivity contribution in [3.8, 4) is 5.69 Å². The Balaban J connectivity index is 1.61. The average molecular weight is 433 g/mol. The Bertz CT molecular complexity index is 1150. The van der Waals surface area contributed by atoms with Crippen molar-refractivity contribution in [1.29, 1.82) is 0 Å². The smallest absolute Gasteiger partial charge is 0.326 e. The Labute approximate surface area is 173 Å². The quantitative estimate of drug-likeness (QED) is 0.595. The maximum Gasteiger partial charge on any atom is 0.435 e. The van der Waals surface area contributed by atoms with E-state index in [0.717, 1.165) is 25.0 Å². The Morgan fingerprint density at radius 3 is 2.32 bits per heavy atom. The first kappa shape index (κ1) is 20.5. The number of halogens is 4. The van der Waals surface area contributed by atoms with Crippen LogP contribution >= 0.6 is 0 Å². The molecule has 3 aromatic rings. The first-order valence-corrected chi connectivity index (χ1v) is 9.23. The summed E-state index contributed by atoms with van der Waals surface area (Å²) in [7, 11) is 0. The van der Waals surface area contributed by atoms with Crippen molar-refractivity contribution in [1.82, 2.24) is 15.0 Å². The lowest BCUT2D eigenvalue weighted by atomic mass is 10.2. The molecule has 4 rings (SSSR count). The van der Waals surface area contributed by atoms with Crippen molar-refractivity contribution in [2.45, 2.75) is 19.0 Å². The van der Waals surface area contributed by atoms with E-state index >= 15 is 0 Å². The van der Waals surface area contributed by atoms with Crippen LogP contribution in [0.1, 0.15) is 29.0 Å². The summed E-state index contributed by atoms with van der Waals surface area (Å²) in [5.74, 6) is -2.11. The minimum Gasteiger partial charge on any atom is -0.326 e. The zero-order valence-electron chi connectivity index (χ0n) is 15.8. The minimum atomic E-state index is -4.98. The SMILES string of the molecule is O=C(Nc1cccc(NC(=O)C2CC2)c1)c1nnn(-c2cccc(F)c2)c1C(F)(F)F. The lowest BCUT2D eigenvalue weighted by molar-refractivity contribution is -0.143. The number of rotatable bonds is 5. The predicted molar refractivity (Wildman–Crippen MR) is 102 cm³/mol. The first-order chi connectivity index (χ1) is 14.7. The average Bonchev–Trinajstić information content (AvgIpc) is 3.45. The largest absolute Gasteiger partial charge is 0.435 e. The standard InChI is InChI=1S/C20H15F4N5O2/c21-12-3-1-6-15(9-12)29-17(20(22,23)24)16(27-28-29)19(31)26-14-5-2-4-13(10-14)25-18(30)11-7-8-11/h1-6,9-11H,7-8H2,(H,25,30)(H,26,31). The predicted octanol–water partition coefficient (Wildman–Crippen LogP) is 4.03. The molecule has 1 aromatic heterocycles. The summed E-state index contributed by atoms with van der Waals surface area (Å²) in [6.07, 6.45) is -3.37. The van der Waals surface area contributed by atoms with Gasteiger partial charge in [0.25, 0.3) is 5.91 Å². The summed E-state index contributed by atoms with van der Waals surface area (Å²) in [5.41, 5.74) is -2.08. The fraction of sp³-hybridized carbons (Fsp3) is 0.200. The lowest BCUT2D eigenvalue weighted by Gasteiger charge is -2.12. The Morgan fingerprint density at radius 1 is 1.00 bits per heavy atom. The summed E-state index contributed by atoms with van der Waals surface area (Å²) in [6, 6.07) is 10.3. The summed E-state index contributed by atoms with van der Waals surface area (Å²) >= 11 is 0. The third-order valence-corrected chi connectivity index (χ3v) is 4.54. The number of hydrogen-bond donors (Lipinski definition) is 2. The number of amides is 2. The molecule has 0 atom stereocenters. The molecule has 1 fully saturated rings. The van der Waals surface area contributed by atoms with Crippen LogP contribution in [0.25, 0.3) is 5.69 Å². The van der Waals surface area contributed by atoms with E-state index in [-0.39, 0.29) is 23.2 Å². The highest BCUT2D eigenvalue weighted by Gasteiger charge is 2.42. The van der Waals surface area contributed by atoms with Gasteiger partial charge in [-0.2, -0.15) is 13.2 Å². The van der Waals surface area contributed by atoms with Crippen LogP contribution < -0.4 is 10.6 Å². The zero-order valence-corrected chi connectivity index (χ0v) is 15.8. The van der Waals surface area contributed by atoms with Crippen LogP contribution in [-0.4, -0.2) is 26.8 Å². The molecule has 0 unspecified atom stereocenters. The molecule has 2 N–H and O–H groups in total. The number of hydrogen-bond acceptors (Lipinski definition) is 4. The van der Waals surface area contributed by atoms with Gasteiger partial charge in [-0.25, -0.2) is 9.07 Å². The Kier molecular flexibility index (Phi) is 5.17. The second-order valence-electron chi connectivity index (χ2n) is 6.97. The van der Waals surface area contributed by atoms with Gasteiger partial charge in [-0.3, -0.25) is 9.59 Å². The number of anilines is 2. The van der Waals surface area contributed by atoms with Crippen LogP contribution in [-0.2, 0) is 11.0 Å². The van der Waals surface area contributed by atoms with Crippen molar-refractivity contribution < 1.29 is 27.2 Å². The van der Waals surface area contributed by atoms with E-state index in [1.54, 1.807) is 6.07 Å². The summed E-state index contributed by atoms with van der Waals surface area (Å²) in [4.78, 5) is 24.4. The van der Waals surface area contributed by atoms with Crippen LogP contribution in [0.15, 0.2) is 48.5 Å². The van der Waals surface area contributed by atoms with Crippen LogP contribution in [0, 0.1) is 11.7 Å². The first-order valence-electron chi connectivity index (χ1n) is 9.23. The molecule has 11 heteroatoms. The molecule has 0 bridgehead atoms. The van der Waals surface area contributed by atoms with Crippen molar-refractivity contribution in [2.75, 3.05) is 10.6 Å². The van der Waals surface area contributed by atoms with Gasteiger partial charge in [-0.1, -0.05) is 17.3 Å². The minimum absolute atomic E-state index is 0.0366. The molecule has 0 radical (unpaired) electrons. The molecule has 2 aromatic carbocycles. The molecule has 7 nitrogen and oxygen atoms in total. The van der Waals surface area contributed by atoms with E-state index in [9.17, 15) is 27.2 Å². The van der Waals surface area contributed by atoms with Crippen molar-refractivity contribution >= 4 is 23.2 Å². The molecule has 2 amide bonds. The molecule has 1 heterocycles. The number of alkyl halides is 3. The van der Waals surface area contributed by atoms with E-state index in [2.05, 4.69) is 20.9 Å². The third-order valence-electron chi connectivity index (χ3n) is 4.54. The molecule has 0 aliphatic heterocycles. The highest BCUT2D eigenvalue weighted by atomic mass is 19.4. The number of carbonyl (C=O) groups is 2. The van der Waals surface area contributed by atoms with Crippen molar-refractivity contribution in [3.63, 3.8) is 0 Å². The number of nitrogens with one attached hydrogen (secondary N) is 2. The third kappa shape index (κ3) is 4.55. The van der Waals surface area contributed by atoms with Gasteiger partial charge in [0.2, 0.25) is 5.91 Å². The number of aromatic nitrogens is 3. The number of nitrogens with zero attached hydrogens (tertiary/aromatic N) is 3. The molecule has 160 valence electrons. The highest BCUT2D eigenvalue weighted by Crippen LogP contribution is 2.33. The van der Waals surface area contributed by atoms with Gasteiger partial charge in [0.1, 0.15) is 5.82 Å². The van der Waals surface area contributed by atoms with Crippen LogP contribution in [0.4, 0.5) is 28.9 Å². The van der Waals surface area contributed by atoms with Gasteiger partial charge in [-0.15, -0.1) is 5.10 Å². The molecular weight excluding hydrogens is 418 g/mol. The monoisotopic (exact) mass is 433 g/mol. The zero-order chi connectivity index (χ0) is 22.2. The summed E-state index contributed by atoms with van der Waals surface area (Å²) < 4.78 is 54.9. The molecule has 31 heavy (non-hydrogen) atoms. The number of carbonyl (C=O) groups excluding carboxylic acids is 2. The summed E-state index contributed by atoms with van der Waals surface area (Å²) in [6.45, 7) is 0. The number of benzene rings is 2. The van der Waals surface area contributed by atoms with Gasteiger partial charge < -0.3 is 10.6 Å². The molecule has 0 spiro atoms. The fourth-order valence-electron chi connectivity index (χ4n) is 2.93. The van der Waals surface area contributed by atoms with Gasteiger partial charge in [0.05, 0.1) is 5.69 Å². The fourth-order valence-corrected chi connectivity index (χ4v) is 2.93. The van der Waals surface area contributed by atoms with Gasteiger partial charge in [0.15, 0.2) is 11.4 Å². The van der Waals surface area contributed by atoms with Gasteiger partial charge >= 0.3 is 6.18 Å². The second-order valence-corrected chi connectivity index (χ2v) is 6.97. The topological polar surface area (TPSA) is 88.9 Å². The van der Waals surface area contributed by atoms with Crippen molar-refractivity contribution in [3.05, 3.63) is 65.7 Å². The highest BCUT2D eigenvalue weighted by molar-refractivity contribution is 6.04. The van der Waals surface area contributed by atoms with Crippen LogP contribution in [0.2, 0.25) is 0 Å². The van der Waals surface area contributed by atoms with Crippen LogP contribution in [0.3, 0.4) is 0 Å². The van der Waals surface area contributed by atoms with E-state index in [1.807, 2.05) is 0 Å². The summed E-state index contributed by atoms with van der Waals surface area (Å²) in [5, 5.41) is 11.8. The van der Waals surface area contributed by atoms with Crippen LogP contribution in [0.5, 0.6) is 0 Å². The normalized spacial score (nSPS) is 13.7. The maximum absolute atomic E-state index is 13.7.